The van der Waals surface area contributed by atoms with E-state index in [2.05, 4.69) is 26.8 Å². The molecule has 0 unspecified atom stereocenters. The summed E-state index contributed by atoms with van der Waals surface area (Å²) < 4.78 is 11.0. The summed E-state index contributed by atoms with van der Waals surface area (Å²) >= 11 is 1.32. The minimum absolute atomic E-state index is 0.129. The highest BCUT2D eigenvalue weighted by Crippen LogP contribution is 2.35. The standard InChI is InChI=1S/C26H29NO4S/c1-17(2)20-13-12-18(3)14-22(20)31-25(28)16-30-26(29)21-9-5-7-11-24(21)32-23-10-6-4-8-19(23)15-27/h4-11,17-18,20,22H,12-14,16H2,1-3H3/t18-,20+,22-/m0/s1. The highest BCUT2D eigenvalue weighted by atomic mass is 32.2. The van der Waals surface area contributed by atoms with Crippen molar-refractivity contribution < 1.29 is 19.1 Å². The molecule has 0 radical (unpaired) electrons. The summed E-state index contributed by atoms with van der Waals surface area (Å²) in [7, 11) is 0. The predicted molar refractivity (Wildman–Crippen MR) is 123 cm³/mol. The Hall–Kier alpha value is -2.78. The van der Waals surface area contributed by atoms with Gasteiger partial charge in [0.15, 0.2) is 6.61 Å². The largest absolute Gasteiger partial charge is 0.460 e. The molecular formula is C26H29NO4S. The van der Waals surface area contributed by atoms with Crippen molar-refractivity contribution in [3.05, 3.63) is 59.7 Å². The van der Waals surface area contributed by atoms with Crippen LogP contribution in [0.25, 0.3) is 0 Å². The number of benzene rings is 2. The van der Waals surface area contributed by atoms with E-state index in [9.17, 15) is 14.9 Å². The van der Waals surface area contributed by atoms with E-state index in [4.69, 9.17) is 9.47 Å². The van der Waals surface area contributed by atoms with Crippen molar-refractivity contribution in [2.45, 2.75) is 55.9 Å². The molecule has 168 valence electrons. The Morgan fingerprint density at radius 2 is 1.78 bits per heavy atom. The van der Waals surface area contributed by atoms with Gasteiger partial charge in [-0.05, 0) is 54.9 Å². The number of esters is 2. The van der Waals surface area contributed by atoms with Crippen LogP contribution in [0.5, 0.6) is 0 Å². The second kappa shape index (κ2) is 11.2. The molecule has 0 heterocycles. The smallest absolute Gasteiger partial charge is 0.344 e. The van der Waals surface area contributed by atoms with Gasteiger partial charge in [0.2, 0.25) is 0 Å². The molecule has 5 nitrogen and oxygen atoms in total. The lowest BCUT2D eigenvalue weighted by Crippen LogP contribution is -2.36. The minimum Gasteiger partial charge on any atom is -0.460 e. The van der Waals surface area contributed by atoms with Crippen molar-refractivity contribution in [2.24, 2.45) is 17.8 Å². The number of ether oxygens (including phenoxy) is 2. The van der Waals surface area contributed by atoms with E-state index in [-0.39, 0.29) is 6.10 Å². The third kappa shape index (κ3) is 6.14. The van der Waals surface area contributed by atoms with Crippen LogP contribution in [0.15, 0.2) is 58.3 Å². The number of hydrogen-bond acceptors (Lipinski definition) is 6. The molecular weight excluding hydrogens is 422 g/mol. The predicted octanol–water partition coefficient (Wildman–Crippen LogP) is 5.87. The molecule has 0 bridgehead atoms. The molecule has 3 atom stereocenters. The molecule has 0 saturated heterocycles. The summed E-state index contributed by atoms with van der Waals surface area (Å²) in [6.07, 6.45) is 2.91. The van der Waals surface area contributed by atoms with Crippen LogP contribution in [0.3, 0.4) is 0 Å². The maximum Gasteiger partial charge on any atom is 0.344 e. The fraction of sp³-hybridized carbons (Fsp3) is 0.423. The molecule has 3 rings (SSSR count). The van der Waals surface area contributed by atoms with E-state index < -0.39 is 18.5 Å². The van der Waals surface area contributed by atoms with Gasteiger partial charge in [0, 0.05) is 9.79 Å². The molecule has 32 heavy (non-hydrogen) atoms. The fourth-order valence-electron chi connectivity index (χ4n) is 4.15. The molecule has 6 heteroatoms. The molecule has 0 spiro atoms. The number of hydrogen-bond donors (Lipinski definition) is 0. The minimum atomic E-state index is -0.586. The highest BCUT2D eigenvalue weighted by Gasteiger charge is 2.33. The summed E-state index contributed by atoms with van der Waals surface area (Å²) in [4.78, 5) is 26.6. The first-order chi connectivity index (χ1) is 15.4. The molecule has 0 N–H and O–H groups in total. The van der Waals surface area contributed by atoms with Crippen LogP contribution >= 0.6 is 11.8 Å². The second-order valence-electron chi connectivity index (χ2n) is 8.64. The van der Waals surface area contributed by atoms with Crippen LogP contribution in [0.1, 0.15) is 56.0 Å². The zero-order valence-corrected chi connectivity index (χ0v) is 19.6. The first-order valence-corrected chi connectivity index (χ1v) is 11.8. The lowest BCUT2D eigenvalue weighted by atomic mass is 9.75. The third-order valence-corrected chi connectivity index (χ3v) is 7.05. The van der Waals surface area contributed by atoms with Crippen LogP contribution in [-0.2, 0) is 14.3 Å². The van der Waals surface area contributed by atoms with E-state index in [1.54, 1.807) is 30.3 Å². The maximum absolute atomic E-state index is 12.7. The third-order valence-electron chi connectivity index (χ3n) is 5.90. The zero-order chi connectivity index (χ0) is 23.1. The average molecular weight is 452 g/mol. The summed E-state index contributed by atoms with van der Waals surface area (Å²) in [5.41, 5.74) is 0.884. The van der Waals surface area contributed by atoms with Gasteiger partial charge in [0.1, 0.15) is 12.2 Å². The van der Waals surface area contributed by atoms with Crippen molar-refractivity contribution in [1.29, 1.82) is 5.26 Å². The van der Waals surface area contributed by atoms with E-state index in [0.29, 0.717) is 33.8 Å². The summed E-state index contributed by atoms with van der Waals surface area (Å²) in [5.74, 6) is 0.191. The molecule has 0 amide bonds. The van der Waals surface area contributed by atoms with E-state index >= 15 is 0 Å². The molecule has 1 aliphatic rings. The Kier molecular flexibility index (Phi) is 8.35. The van der Waals surface area contributed by atoms with Gasteiger partial charge in [-0.25, -0.2) is 9.59 Å². The van der Waals surface area contributed by atoms with Crippen LogP contribution in [0.2, 0.25) is 0 Å². The molecule has 0 aromatic heterocycles. The average Bonchev–Trinajstić information content (AvgIpc) is 2.78. The van der Waals surface area contributed by atoms with Gasteiger partial charge in [0.25, 0.3) is 0 Å². The van der Waals surface area contributed by atoms with Crippen molar-refractivity contribution >= 4 is 23.7 Å². The number of carbonyl (C=O) groups is 2. The van der Waals surface area contributed by atoms with Gasteiger partial charge in [-0.3, -0.25) is 0 Å². The van der Waals surface area contributed by atoms with E-state index in [0.717, 1.165) is 24.2 Å². The van der Waals surface area contributed by atoms with Crippen LogP contribution in [-0.4, -0.2) is 24.6 Å². The molecule has 1 aliphatic carbocycles. The normalized spacial score (nSPS) is 20.4. The first-order valence-electron chi connectivity index (χ1n) is 11.0. The van der Waals surface area contributed by atoms with Gasteiger partial charge in [-0.15, -0.1) is 0 Å². The number of rotatable bonds is 7. The number of nitrogens with zero attached hydrogens (tertiary/aromatic N) is 1. The SMILES string of the molecule is CC(C)[C@H]1CC[C@H](C)C[C@@H]1OC(=O)COC(=O)c1ccccc1Sc1ccccc1C#N. The molecule has 1 fully saturated rings. The lowest BCUT2D eigenvalue weighted by Gasteiger charge is -2.36. The molecule has 1 saturated carbocycles. The van der Waals surface area contributed by atoms with E-state index in [1.165, 1.54) is 11.8 Å². The van der Waals surface area contributed by atoms with Crippen molar-refractivity contribution in [3.8, 4) is 6.07 Å². The summed E-state index contributed by atoms with van der Waals surface area (Å²) in [5, 5.41) is 9.32. The Balaban J connectivity index is 1.63. The Morgan fingerprint density at radius 3 is 2.50 bits per heavy atom. The zero-order valence-electron chi connectivity index (χ0n) is 18.7. The maximum atomic E-state index is 12.7. The Morgan fingerprint density at radius 1 is 1.09 bits per heavy atom. The fourth-order valence-corrected chi connectivity index (χ4v) is 5.16. The van der Waals surface area contributed by atoms with Gasteiger partial charge in [0.05, 0.1) is 11.1 Å². The van der Waals surface area contributed by atoms with Gasteiger partial charge >= 0.3 is 11.9 Å². The van der Waals surface area contributed by atoms with Crippen molar-refractivity contribution in [3.63, 3.8) is 0 Å². The molecule has 2 aromatic carbocycles. The highest BCUT2D eigenvalue weighted by molar-refractivity contribution is 7.99. The monoisotopic (exact) mass is 451 g/mol. The van der Waals surface area contributed by atoms with Crippen LogP contribution in [0, 0.1) is 29.1 Å². The Labute approximate surface area is 194 Å². The van der Waals surface area contributed by atoms with Crippen molar-refractivity contribution in [1.82, 2.24) is 0 Å². The summed E-state index contributed by atoms with van der Waals surface area (Å²) in [6.45, 7) is 6.07. The second-order valence-corrected chi connectivity index (χ2v) is 9.72. The van der Waals surface area contributed by atoms with Gasteiger partial charge in [-0.2, -0.15) is 5.26 Å². The summed E-state index contributed by atoms with van der Waals surface area (Å²) in [6, 6.07) is 16.4. The van der Waals surface area contributed by atoms with Gasteiger partial charge < -0.3 is 9.47 Å². The number of nitriles is 1. The first kappa shape index (κ1) is 23.9. The van der Waals surface area contributed by atoms with Gasteiger partial charge in [-0.1, -0.05) is 63.2 Å². The quantitative estimate of drug-likeness (QED) is 0.490. The van der Waals surface area contributed by atoms with Crippen molar-refractivity contribution in [2.75, 3.05) is 6.61 Å². The van der Waals surface area contributed by atoms with Crippen LogP contribution in [0.4, 0.5) is 0 Å². The molecule has 2 aromatic rings. The lowest BCUT2D eigenvalue weighted by molar-refractivity contribution is -0.159. The van der Waals surface area contributed by atoms with E-state index in [1.807, 2.05) is 18.2 Å². The number of carbonyl (C=O) groups excluding carboxylic acids is 2. The van der Waals surface area contributed by atoms with Crippen LogP contribution < -0.4 is 0 Å². The molecule has 0 aliphatic heterocycles. The Bertz CT molecular complexity index is 997. The topological polar surface area (TPSA) is 76.4 Å².